The number of hydrogen-bond acceptors (Lipinski definition) is 4. The van der Waals surface area contributed by atoms with Crippen molar-refractivity contribution in [1.29, 1.82) is 0 Å². The summed E-state index contributed by atoms with van der Waals surface area (Å²) in [6, 6.07) is 5.20. The van der Waals surface area contributed by atoms with Crippen LogP contribution in [0.25, 0.3) is 0 Å². The lowest BCUT2D eigenvalue weighted by atomic mass is 10.1. The summed E-state index contributed by atoms with van der Waals surface area (Å²) in [7, 11) is 1.32. The summed E-state index contributed by atoms with van der Waals surface area (Å²) in [5.74, 6) is -0.709. The number of benzene rings is 1. The molecule has 1 aromatic carbocycles. The summed E-state index contributed by atoms with van der Waals surface area (Å²) in [6.45, 7) is 2.37. The SMILES string of the molecule is COC(=O)c1cccc2c1NC(=O)C(C)CN2. The first-order valence-electron chi connectivity index (χ1n) is 5.39. The molecule has 1 aliphatic heterocycles. The second kappa shape index (κ2) is 4.45. The number of carbonyl (C=O) groups excluding carboxylic acids is 2. The Kier molecular flexibility index (Phi) is 2.99. The Labute approximate surface area is 99.2 Å². The van der Waals surface area contributed by atoms with Crippen molar-refractivity contribution in [3.8, 4) is 0 Å². The Morgan fingerprint density at radius 3 is 2.94 bits per heavy atom. The Morgan fingerprint density at radius 1 is 1.47 bits per heavy atom. The fraction of sp³-hybridized carbons (Fsp3) is 0.333. The van der Waals surface area contributed by atoms with E-state index in [1.165, 1.54) is 7.11 Å². The van der Waals surface area contributed by atoms with Gasteiger partial charge >= 0.3 is 5.97 Å². The molecular weight excluding hydrogens is 220 g/mol. The zero-order chi connectivity index (χ0) is 12.4. The molecule has 1 heterocycles. The van der Waals surface area contributed by atoms with Crippen molar-refractivity contribution in [3.63, 3.8) is 0 Å². The number of esters is 1. The van der Waals surface area contributed by atoms with Gasteiger partial charge in [-0.25, -0.2) is 4.79 Å². The molecule has 1 atom stereocenters. The van der Waals surface area contributed by atoms with Gasteiger partial charge in [-0.2, -0.15) is 0 Å². The van der Waals surface area contributed by atoms with Crippen LogP contribution in [-0.2, 0) is 9.53 Å². The van der Waals surface area contributed by atoms with Crippen molar-refractivity contribution in [2.75, 3.05) is 24.3 Å². The van der Waals surface area contributed by atoms with E-state index in [4.69, 9.17) is 0 Å². The summed E-state index contributed by atoms with van der Waals surface area (Å²) in [5, 5.41) is 5.89. The summed E-state index contributed by atoms with van der Waals surface area (Å²) in [4.78, 5) is 23.3. The number of fused-ring (bicyclic) bond motifs is 1. The number of hydrogen-bond donors (Lipinski definition) is 2. The first-order chi connectivity index (χ1) is 8.13. The third-order valence-electron chi connectivity index (χ3n) is 2.76. The lowest BCUT2D eigenvalue weighted by Crippen LogP contribution is -2.23. The highest BCUT2D eigenvalue weighted by molar-refractivity contribution is 6.06. The maximum absolute atomic E-state index is 11.7. The van der Waals surface area contributed by atoms with E-state index in [0.29, 0.717) is 17.8 Å². The maximum Gasteiger partial charge on any atom is 0.340 e. The molecule has 0 bridgehead atoms. The second-order valence-electron chi connectivity index (χ2n) is 3.99. The molecular formula is C12H14N2O3. The van der Waals surface area contributed by atoms with Crippen LogP contribution < -0.4 is 10.6 Å². The van der Waals surface area contributed by atoms with Crippen molar-refractivity contribution in [2.24, 2.45) is 5.92 Å². The molecule has 0 radical (unpaired) electrons. The van der Waals surface area contributed by atoms with Crippen LogP contribution in [0, 0.1) is 5.92 Å². The first kappa shape index (κ1) is 11.4. The van der Waals surface area contributed by atoms with Gasteiger partial charge in [0.1, 0.15) is 0 Å². The topological polar surface area (TPSA) is 67.4 Å². The molecule has 0 saturated heterocycles. The average Bonchev–Trinajstić information content (AvgIpc) is 2.48. The van der Waals surface area contributed by atoms with Gasteiger partial charge in [0.15, 0.2) is 0 Å². The quantitative estimate of drug-likeness (QED) is 0.722. The number of carbonyl (C=O) groups is 2. The zero-order valence-electron chi connectivity index (χ0n) is 9.74. The molecule has 90 valence electrons. The molecule has 0 aromatic heterocycles. The van der Waals surface area contributed by atoms with E-state index in [1.54, 1.807) is 12.1 Å². The van der Waals surface area contributed by atoms with Crippen LogP contribution in [0.5, 0.6) is 0 Å². The number of methoxy groups -OCH3 is 1. The van der Waals surface area contributed by atoms with Gasteiger partial charge in [-0.3, -0.25) is 4.79 Å². The number of nitrogens with one attached hydrogen (secondary N) is 2. The highest BCUT2D eigenvalue weighted by atomic mass is 16.5. The normalized spacial score (nSPS) is 18.5. The Balaban J connectivity index is 2.47. The molecule has 1 unspecified atom stereocenters. The lowest BCUT2D eigenvalue weighted by molar-refractivity contribution is -0.118. The minimum Gasteiger partial charge on any atom is -0.465 e. The zero-order valence-corrected chi connectivity index (χ0v) is 9.74. The van der Waals surface area contributed by atoms with Gasteiger partial charge in [-0.1, -0.05) is 13.0 Å². The first-order valence-corrected chi connectivity index (χ1v) is 5.39. The van der Waals surface area contributed by atoms with Crippen molar-refractivity contribution >= 4 is 23.3 Å². The highest BCUT2D eigenvalue weighted by Crippen LogP contribution is 2.29. The molecule has 0 aliphatic carbocycles. The molecule has 0 saturated carbocycles. The van der Waals surface area contributed by atoms with Crippen molar-refractivity contribution in [2.45, 2.75) is 6.92 Å². The van der Waals surface area contributed by atoms with E-state index < -0.39 is 5.97 Å². The molecule has 1 aromatic rings. The minimum absolute atomic E-state index is 0.104. The third-order valence-corrected chi connectivity index (χ3v) is 2.76. The summed E-state index contributed by atoms with van der Waals surface area (Å²) in [6.07, 6.45) is 0. The molecule has 5 nitrogen and oxygen atoms in total. The van der Waals surface area contributed by atoms with Crippen molar-refractivity contribution < 1.29 is 14.3 Å². The van der Waals surface area contributed by atoms with Gasteiger partial charge in [0, 0.05) is 6.54 Å². The largest absolute Gasteiger partial charge is 0.465 e. The Bertz CT molecular complexity index is 471. The van der Waals surface area contributed by atoms with E-state index in [-0.39, 0.29) is 11.8 Å². The van der Waals surface area contributed by atoms with E-state index in [0.717, 1.165) is 5.69 Å². The fourth-order valence-corrected chi connectivity index (χ4v) is 1.72. The molecule has 0 fully saturated rings. The van der Waals surface area contributed by atoms with E-state index in [9.17, 15) is 9.59 Å². The van der Waals surface area contributed by atoms with Gasteiger partial charge in [-0.05, 0) is 12.1 Å². The lowest BCUT2D eigenvalue weighted by Gasteiger charge is -2.11. The summed E-state index contributed by atoms with van der Waals surface area (Å²) >= 11 is 0. The van der Waals surface area contributed by atoms with Gasteiger partial charge in [0.2, 0.25) is 5.91 Å². The van der Waals surface area contributed by atoms with Crippen LogP contribution in [0.1, 0.15) is 17.3 Å². The molecule has 17 heavy (non-hydrogen) atoms. The van der Waals surface area contributed by atoms with Crippen LogP contribution in [0.3, 0.4) is 0 Å². The number of ether oxygens (including phenoxy) is 1. The van der Waals surface area contributed by atoms with Crippen LogP contribution in [0.15, 0.2) is 18.2 Å². The third kappa shape index (κ3) is 2.08. The van der Waals surface area contributed by atoms with Gasteiger partial charge < -0.3 is 15.4 Å². The molecule has 1 amide bonds. The summed E-state index contributed by atoms with van der Waals surface area (Å²) < 4.78 is 4.69. The smallest absolute Gasteiger partial charge is 0.340 e. The Morgan fingerprint density at radius 2 is 2.24 bits per heavy atom. The van der Waals surface area contributed by atoms with Gasteiger partial charge in [0.25, 0.3) is 0 Å². The molecule has 5 heteroatoms. The number of rotatable bonds is 1. The molecule has 2 N–H and O–H groups in total. The van der Waals surface area contributed by atoms with Crippen LogP contribution in [0.2, 0.25) is 0 Å². The van der Waals surface area contributed by atoms with Crippen LogP contribution >= 0.6 is 0 Å². The predicted molar refractivity (Wildman–Crippen MR) is 64.1 cm³/mol. The van der Waals surface area contributed by atoms with Crippen molar-refractivity contribution in [1.82, 2.24) is 0 Å². The summed E-state index contributed by atoms with van der Waals surface area (Å²) in [5.41, 5.74) is 1.60. The minimum atomic E-state index is -0.460. The van der Waals surface area contributed by atoms with E-state index >= 15 is 0 Å². The predicted octanol–water partition coefficient (Wildman–Crippen LogP) is 1.47. The number of para-hydroxylation sites is 1. The van der Waals surface area contributed by atoms with Gasteiger partial charge in [0.05, 0.1) is 30.0 Å². The van der Waals surface area contributed by atoms with Crippen LogP contribution in [0.4, 0.5) is 11.4 Å². The second-order valence-corrected chi connectivity index (χ2v) is 3.99. The van der Waals surface area contributed by atoms with E-state index in [1.807, 2.05) is 13.0 Å². The fourth-order valence-electron chi connectivity index (χ4n) is 1.72. The standard InChI is InChI=1S/C12H14N2O3/c1-7-6-13-9-5-3-4-8(12(16)17-2)10(9)14-11(7)15/h3-5,7,13H,6H2,1-2H3,(H,14,15). The monoisotopic (exact) mass is 234 g/mol. The van der Waals surface area contributed by atoms with E-state index in [2.05, 4.69) is 15.4 Å². The van der Waals surface area contributed by atoms with Gasteiger partial charge in [-0.15, -0.1) is 0 Å². The Hall–Kier alpha value is -2.04. The molecule has 0 spiro atoms. The van der Waals surface area contributed by atoms with Crippen LogP contribution in [-0.4, -0.2) is 25.5 Å². The molecule has 1 aliphatic rings. The average molecular weight is 234 g/mol. The number of anilines is 2. The maximum atomic E-state index is 11.7. The van der Waals surface area contributed by atoms with Crippen molar-refractivity contribution in [3.05, 3.63) is 23.8 Å². The molecule has 2 rings (SSSR count). The highest BCUT2D eigenvalue weighted by Gasteiger charge is 2.23. The number of amides is 1.